The number of carbonyl (C=O) groups excluding carboxylic acids is 2. The Hall–Kier alpha value is -5.24. The predicted octanol–water partition coefficient (Wildman–Crippen LogP) is 6.61. The van der Waals surface area contributed by atoms with Crippen LogP contribution in [0.4, 0.5) is 35.0 Å². The minimum Gasteiger partial charge on any atom is -0.378 e. The van der Waals surface area contributed by atoms with E-state index in [9.17, 15) is 26.4 Å². The van der Waals surface area contributed by atoms with Crippen molar-refractivity contribution >= 4 is 60.6 Å². The van der Waals surface area contributed by atoms with E-state index in [1.54, 1.807) is 12.4 Å². The maximum atomic E-state index is 15.0. The number of aromatic nitrogens is 2. The summed E-state index contributed by atoms with van der Waals surface area (Å²) in [5.41, 5.74) is -2.61. The molecule has 1 saturated heterocycles. The van der Waals surface area contributed by atoms with Gasteiger partial charge in [-0.1, -0.05) is 13.8 Å². The summed E-state index contributed by atoms with van der Waals surface area (Å²) < 4.78 is 63.9. The number of rotatable bonds is 8. The van der Waals surface area contributed by atoms with Crippen molar-refractivity contribution in [3.63, 3.8) is 0 Å². The molecule has 5 aromatic rings. The van der Waals surface area contributed by atoms with Crippen LogP contribution in [-0.4, -0.2) is 69.6 Å². The third-order valence-corrected chi connectivity index (χ3v) is 11.1. The minimum absolute atomic E-state index is 0.0844. The topological polar surface area (TPSA) is 116 Å². The molecule has 6 rings (SSSR count). The number of urea groups is 1. The molecule has 1 aliphatic heterocycles. The Morgan fingerprint density at radius 3 is 1.62 bits per heavy atom. The minimum atomic E-state index is -5.65. The average molecular weight is 705 g/mol. The van der Waals surface area contributed by atoms with Crippen LogP contribution >= 0.6 is 0 Å². The molecule has 14 heteroatoms. The molecule has 0 aliphatic carbocycles. The van der Waals surface area contributed by atoms with Crippen molar-refractivity contribution in [2.24, 2.45) is 0 Å². The number of halogens is 3. The number of amides is 3. The molecule has 3 heterocycles. The van der Waals surface area contributed by atoms with E-state index in [1.807, 2.05) is 100 Å². The highest BCUT2D eigenvalue weighted by molar-refractivity contribution is 7.92. The quantitative estimate of drug-likeness (QED) is 0.180. The van der Waals surface area contributed by atoms with Gasteiger partial charge in [0.2, 0.25) is 0 Å². The van der Waals surface area contributed by atoms with E-state index in [2.05, 4.69) is 15.3 Å². The summed E-state index contributed by atoms with van der Waals surface area (Å²) in [6, 6.07) is 17.9. The third-order valence-electron chi connectivity index (χ3n) is 9.63. The summed E-state index contributed by atoms with van der Waals surface area (Å²) in [4.78, 5) is 41.8. The SMILES string of the molecule is CC(c1ccnc2ccc(N(C)C)cc12)C1(C(C)c2ccnc3ccc(N(C)C)cc23)NC(=O)N(c2ccc(S(=O)(=O)C(F)(F)F)cc2)C1=O. The van der Waals surface area contributed by atoms with Crippen molar-refractivity contribution in [3.8, 4) is 0 Å². The number of alkyl halides is 3. The Balaban J connectivity index is 1.56. The van der Waals surface area contributed by atoms with E-state index < -0.39 is 49.6 Å². The van der Waals surface area contributed by atoms with Crippen LogP contribution in [0.15, 0.2) is 90.1 Å². The Morgan fingerprint density at radius 1 is 0.740 bits per heavy atom. The summed E-state index contributed by atoms with van der Waals surface area (Å²) in [5.74, 6) is -2.03. The molecular weight excluding hydrogens is 669 g/mol. The summed E-state index contributed by atoms with van der Waals surface area (Å²) in [6.45, 7) is 3.70. The lowest BCUT2D eigenvalue weighted by molar-refractivity contribution is -0.123. The number of benzene rings is 3. The van der Waals surface area contributed by atoms with E-state index in [1.165, 1.54) is 0 Å². The number of carbonyl (C=O) groups is 2. The zero-order valence-corrected chi connectivity index (χ0v) is 29.0. The number of pyridine rings is 2. The lowest BCUT2D eigenvalue weighted by Crippen LogP contribution is -2.55. The molecule has 2 unspecified atom stereocenters. The number of sulfone groups is 1. The first kappa shape index (κ1) is 34.6. The third kappa shape index (κ3) is 5.47. The van der Waals surface area contributed by atoms with Crippen molar-refractivity contribution in [2.45, 2.75) is 41.6 Å². The van der Waals surface area contributed by atoms with Crippen molar-refractivity contribution in [1.29, 1.82) is 0 Å². The van der Waals surface area contributed by atoms with E-state index in [-0.39, 0.29) is 5.69 Å². The number of anilines is 3. The fourth-order valence-corrected chi connectivity index (χ4v) is 7.54. The average Bonchev–Trinajstić information content (AvgIpc) is 3.35. The van der Waals surface area contributed by atoms with Gasteiger partial charge in [0.25, 0.3) is 15.7 Å². The lowest BCUT2D eigenvalue weighted by Gasteiger charge is -2.39. The van der Waals surface area contributed by atoms with Crippen molar-refractivity contribution < 1.29 is 31.2 Å². The molecule has 0 saturated carbocycles. The number of hydrogen-bond donors (Lipinski definition) is 1. The zero-order valence-electron chi connectivity index (χ0n) is 28.1. The van der Waals surface area contributed by atoms with Crippen LogP contribution in [0.5, 0.6) is 0 Å². The van der Waals surface area contributed by atoms with E-state index in [4.69, 9.17) is 0 Å². The van der Waals surface area contributed by atoms with Gasteiger partial charge in [-0.05, 0) is 83.9 Å². The Kier molecular flexibility index (Phi) is 8.49. The van der Waals surface area contributed by atoms with Gasteiger partial charge in [0.15, 0.2) is 0 Å². The molecule has 10 nitrogen and oxygen atoms in total. The van der Waals surface area contributed by atoms with Crippen molar-refractivity contribution in [2.75, 3.05) is 42.9 Å². The highest BCUT2D eigenvalue weighted by Crippen LogP contribution is 2.47. The molecule has 260 valence electrons. The molecule has 1 fully saturated rings. The molecule has 3 aromatic carbocycles. The number of fused-ring (bicyclic) bond motifs is 2. The standard InChI is InChI=1S/C36H35F3N6O4S/c1-21(27-15-17-40-31-13-9-24(43(3)4)19-29(27)31)35(22(2)28-16-18-41-32-14-10-25(44(5)6)20-30(28)32)33(46)45(34(47)42-35)23-7-11-26(12-8-23)50(48,49)36(37,38)39/h7-22H,1-6H3,(H,42,47). The largest absolute Gasteiger partial charge is 0.501 e. The van der Waals surface area contributed by atoms with Gasteiger partial charge in [-0.25, -0.2) is 18.1 Å². The van der Waals surface area contributed by atoms with E-state index in [0.717, 1.165) is 62.4 Å². The van der Waals surface area contributed by atoms with Gasteiger partial charge in [-0.2, -0.15) is 13.2 Å². The van der Waals surface area contributed by atoms with E-state index >= 15 is 4.79 Å². The summed E-state index contributed by atoms with van der Waals surface area (Å²) in [6.07, 6.45) is 3.29. The number of hydrogen-bond acceptors (Lipinski definition) is 8. The Morgan fingerprint density at radius 2 is 1.20 bits per heavy atom. The van der Waals surface area contributed by atoms with Gasteiger partial charge >= 0.3 is 11.5 Å². The van der Waals surface area contributed by atoms with Gasteiger partial charge in [-0.3, -0.25) is 14.8 Å². The number of nitrogens with one attached hydrogen (secondary N) is 1. The van der Waals surface area contributed by atoms with Gasteiger partial charge < -0.3 is 15.1 Å². The molecule has 3 amide bonds. The van der Waals surface area contributed by atoms with Gasteiger partial charge in [0, 0.05) is 74.6 Å². The Bertz CT molecular complexity index is 2160. The van der Waals surface area contributed by atoms with Crippen LogP contribution in [0, 0.1) is 0 Å². The van der Waals surface area contributed by atoms with Crippen LogP contribution in [0.3, 0.4) is 0 Å². The first-order chi connectivity index (χ1) is 23.5. The maximum absolute atomic E-state index is 15.0. The van der Waals surface area contributed by atoms with Crippen LogP contribution in [0.2, 0.25) is 0 Å². The molecule has 50 heavy (non-hydrogen) atoms. The highest BCUT2D eigenvalue weighted by atomic mass is 32.2. The van der Waals surface area contributed by atoms with Crippen molar-refractivity contribution in [1.82, 2.24) is 15.3 Å². The van der Waals surface area contributed by atoms with Crippen LogP contribution in [-0.2, 0) is 14.6 Å². The van der Waals surface area contributed by atoms with Crippen LogP contribution in [0.25, 0.3) is 21.8 Å². The fourth-order valence-electron chi connectivity index (χ4n) is 6.78. The van der Waals surface area contributed by atoms with Gasteiger partial charge in [0.1, 0.15) is 5.54 Å². The number of nitrogens with zero attached hydrogens (tertiary/aromatic N) is 5. The fraction of sp³-hybridized carbons (Fsp3) is 0.278. The molecule has 1 N–H and O–H groups in total. The maximum Gasteiger partial charge on any atom is 0.501 e. The second kappa shape index (κ2) is 12.3. The Labute approximate surface area is 287 Å². The molecule has 2 aromatic heterocycles. The van der Waals surface area contributed by atoms with Gasteiger partial charge in [-0.15, -0.1) is 0 Å². The lowest BCUT2D eigenvalue weighted by atomic mass is 9.68. The predicted molar refractivity (Wildman–Crippen MR) is 187 cm³/mol. The number of imide groups is 1. The van der Waals surface area contributed by atoms with E-state index in [0.29, 0.717) is 11.0 Å². The van der Waals surface area contributed by atoms with Crippen LogP contribution in [0.1, 0.15) is 36.8 Å². The van der Waals surface area contributed by atoms with Crippen molar-refractivity contribution in [3.05, 3.63) is 96.3 Å². The smallest absolute Gasteiger partial charge is 0.378 e. The van der Waals surface area contributed by atoms with Gasteiger partial charge in [0.05, 0.1) is 21.6 Å². The molecule has 0 bridgehead atoms. The molecule has 1 aliphatic rings. The molecule has 0 spiro atoms. The second-order valence-electron chi connectivity index (χ2n) is 12.8. The summed E-state index contributed by atoms with van der Waals surface area (Å²) in [7, 11) is 1.98. The molecule has 2 atom stereocenters. The molecule has 0 radical (unpaired) electrons. The summed E-state index contributed by atoms with van der Waals surface area (Å²) >= 11 is 0. The second-order valence-corrected chi connectivity index (χ2v) is 14.8. The zero-order chi connectivity index (χ0) is 36.3. The highest BCUT2D eigenvalue weighted by Gasteiger charge is 2.59. The van der Waals surface area contributed by atoms with Crippen LogP contribution < -0.4 is 20.0 Å². The first-order valence-corrected chi connectivity index (χ1v) is 17.2. The molecular formula is C36H35F3N6O4S. The monoisotopic (exact) mass is 704 g/mol. The first-order valence-electron chi connectivity index (χ1n) is 15.7. The normalized spacial score (nSPS) is 18.0. The summed E-state index contributed by atoms with van der Waals surface area (Å²) in [5, 5.41) is 4.56.